The molecule has 8 heteroatoms. The van der Waals surface area contributed by atoms with Crippen LogP contribution >= 0.6 is 0 Å². The van der Waals surface area contributed by atoms with Crippen LogP contribution in [0.25, 0.3) is 0 Å². The Balaban J connectivity index is 1.68. The number of rotatable bonds is 5. The lowest BCUT2D eigenvalue weighted by molar-refractivity contribution is -0.121. The molecule has 0 spiro atoms. The molecule has 0 radical (unpaired) electrons. The molecule has 0 unspecified atom stereocenters. The molecule has 24 heavy (non-hydrogen) atoms. The van der Waals surface area contributed by atoms with Crippen LogP contribution in [0.3, 0.4) is 0 Å². The fourth-order valence-electron chi connectivity index (χ4n) is 3.44. The molecule has 1 saturated heterocycles. The van der Waals surface area contributed by atoms with E-state index in [-0.39, 0.29) is 11.9 Å². The van der Waals surface area contributed by atoms with Crippen molar-refractivity contribution >= 4 is 11.6 Å². The second-order valence-electron chi connectivity index (χ2n) is 6.49. The Morgan fingerprint density at radius 2 is 2.25 bits per heavy atom. The van der Waals surface area contributed by atoms with Crippen molar-refractivity contribution in [3.8, 4) is 0 Å². The summed E-state index contributed by atoms with van der Waals surface area (Å²) in [4.78, 5) is 19.0. The van der Waals surface area contributed by atoms with Crippen LogP contribution in [0.15, 0.2) is 12.7 Å². The van der Waals surface area contributed by atoms with Gasteiger partial charge in [0.1, 0.15) is 12.7 Å². The highest BCUT2D eigenvalue weighted by molar-refractivity contribution is 5.95. The van der Waals surface area contributed by atoms with Gasteiger partial charge in [-0.05, 0) is 40.2 Å². The number of nitrogens with zero attached hydrogens (tertiary/aromatic N) is 6. The minimum atomic E-state index is -0.194. The van der Waals surface area contributed by atoms with E-state index in [1.165, 1.54) is 0 Å². The zero-order valence-corrected chi connectivity index (χ0v) is 14.7. The molecule has 2 aromatic heterocycles. The van der Waals surface area contributed by atoms with Gasteiger partial charge in [0.25, 0.3) is 0 Å². The monoisotopic (exact) mass is 331 g/mol. The Bertz CT molecular complexity index is 706. The minimum absolute atomic E-state index is 0.0136. The highest BCUT2D eigenvalue weighted by atomic mass is 16.2. The van der Waals surface area contributed by atoms with Gasteiger partial charge in [-0.15, -0.1) is 0 Å². The van der Waals surface area contributed by atoms with E-state index in [2.05, 4.69) is 25.4 Å². The van der Waals surface area contributed by atoms with E-state index in [0.717, 1.165) is 43.0 Å². The third-order valence-corrected chi connectivity index (χ3v) is 4.92. The van der Waals surface area contributed by atoms with Crippen molar-refractivity contribution in [2.45, 2.75) is 52.2 Å². The molecule has 3 rings (SSSR count). The van der Waals surface area contributed by atoms with Crippen molar-refractivity contribution in [3.63, 3.8) is 0 Å². The minimum Gasteiger partial charge on any atom is -0.322 e. The smallest absolute Gasteiger partial charge is 0.241 e. The van der Waals surface area contributed by atoms with E-state index in [9.17, 15) is 4.79 Å². The lowest BCUT2D eigenvalue weighted by Crippen LogP contribution is -2.46. The third kappa shape index (κ3) is 3.19. The lowest BCUT2D eigenvalue weighted by Gasteiger charge is -2.29. The van der Waals surface area contributed by atoms with E-state index in [4.69, 9.17) is 0 Å². The van der Waals surface area contributed by atoms with Crippen molar-refractivity contribution in [2.75, 3.05) is 11.9 Å². The van der Waals surface area contributed by atoms with Gasteiger partial charge >= 0.3 is 0 Å². The van der Waals surface area contributed by atoms with Crippen LogP contribution in [-0.2, 0) is 18.4 Å². The number of carbonyl (C=O) groups is 1. The van der Waals surface area contributed by atoms with Gasteiger partial charge in [-0.3, -0.25) is 19.1 Å². The van der Waals surface area contributed by atoms with E-state index in [1.807, 2.05) is 32.5 Å². The molecule has 1 N–H and O–H groups in total. The highest BCUT2D eigenvalue weighted by Crippen LogP contribution is 2.23. The number of hydrogen-bond donors (Lipinski definition) is 1. The van der Waals surface area contributed by atoms with Crippen molar-refractivity contribution in [3.05, 3.63) is 24.0 Å². The first-order chi connectivity index (χ1) is 11.5. The van der Waals surface area contributed by atoms with E-state index in [0.29, 0.717) is 6.04 Å². The summed E-state index contributed by atoms with van der Waals surface area (Å²) in [6, 6.07) is 0.114. The average Bonchev–Trinajstić information content (AvgIpc) is 3.26. The van der Waals surface area contributed by atoms with Crippen LogP contribution in [0.5, 0.6) is 0 Å². The van der Waals surface area contributed by atoms with Gasteiger partial charge in [0.2, 0.25) is 5.91 Å². The van der Waals surface area contributed by atoms with Gasteiger partial charge in [-0.2, -0.15) is 10.2 Å². The zero-order chi connectivity index (χ0) is 17.3. The van der Waals surface area contributed by atoms with Gasteiger partial charge in [-0.25, -0.2) is 4.98 Å². The van der Waals surface area contributed by atoms with Gasteiger partial charge < -0.3 is 5.32 Å². The highest BCUT2D eigenvalue weighted by Gasteiger charge is 2.32. The number of aryl methyl sites for hydroxylation is 2. The van der Waals surface area contributed by atoms with Crippen molar-refractivity contribution in [2.24, 2.45) is 7.05 Å². The summed E-state index contributed by atoms with van der Waals surface area (Å²) < 4.78 is 3.63. The lowest BCUT2D eigenvalue weighted by atomic mass is 10.2. The first-order valence-electron chi connectivity index (χ1n) is 8.36. The van der Waals surface area contributed by atoms with Gasteiger partial charge in [0, 0.05) is 13.1 Å². The van der Waals surface area contributed by atoms with Crippen LogP contribution < -0.4 is 5.32 Å². The summed E-state index contributed by atoms with van der Waals surface area (Å²) in [5, 5.41) is 11.6. The molecule has 3 heterocycles. The molecular formula is C16H25N7O. The number of aromatic nitrogens is 5. The van der Waals surface area contributed by atoms with Crippen LogP contribution in [0.1, 0.15) is 31.2 Å². The second kappa shape index (κ2) is 6.72. The Hall–Kier alpha value is -2.22. The number of nitrogens with one attached hydrogen (secondary N) is 1. The predicted molar refractivity (Wildman–Crippen MR) is 90.5 cm³/mol. The first-order valence-corrected chi connectivity index (χ1v) is 8.36. The van der Waals surface area contributed by atoms with Crippen LogP contribution in [0, 0.1) is 13.8 Å². The van der Waals surface area contributed by atoms with Gasteiger partial charge in [-0.1, -0.05) is 0 Å². The van der Waals surface area contributed by atoms with Crippen molar-refractivity contribution in [1.29, 1.82) is 0 Å². The van der Waals surface area contributed by atoms with E-state index in [1.54, 1.807) is 17.3 Å². The maximum absolute atomic E-state index is 12.7. The Labute approximate surface area is 141 Å². The molecule has 2 atom stereocenters. The summed E-state index contributed by atoms with van der Waals surface area (Å²) in [6.07, 6.45) is 5.44. The molecule has 1 amide bonds. The quantitative estimate of drug-likeness (QED) is 0.888. The maximum atomic E-state index is 12.7. The average molecular weight is 331 g/mol. The number of hydrogen-bond acceptors (Lipinski definition) is 5. The van der Waals surface area contributed by atoms with Gasteiger partial charge in [0.05, 0.1) is 29.7 Å². The molecule has 0 saturated carbocycles. The second-order valence-corrected chi connectivity index (χ2v) is 6.49. The molecular weight excluding hydrogens is 306 g/mol. The first kappa shape index (κ1) is 16.6. The normalized spacial score (nSPS) is 19.6. The number of amides is 1. The number of carbonyl (C=O) groups excluding carboxylic acids is 1. The van der Waals surface area contributed by atoms with Crippen molar-refractivity contribution in [1.82, 2.24) is 29.4 Å². The fourth-order valence-corrected chi connectivity index (χ4v) is 3.44. The summed E-state index contributed by atoms with van der Waals surface area (Å²) in [7, 11) is 1.88. The standard InChI is InChI=1S/C16H25N7O/c1-11-15(12(2)21(4)20-11)19-16(24)13(3)23-7-5-6-14(23)8-22-10-17-9-18-22/h9-10,13-14H,5-8H2,1-4H3,(H,19,24)/t13-,14-/m1/s1. The third-order valence-electron chi connectivity index (χ3n) is 4.92. The molecule has 0 aromatic carbocycles. The summed E-state index contributed by atoms with van der Waals surface area (Å²) in [6.45, 7) is 7.54. The summed E-state index contributed by atoms with van der Waals surface area (Å²) in [5.74, 6) is 0.0136. The Morgan fingerprint density at radius 3 is 2.88 bits per heavy atom. The summed E-state index contributed by atoms with van der Waals surface area (Å²) >= 11 is 0. The molecule has 2 aromatic rings. The molecule has 0 bridgehead atoms. The van der Waals surface area contributed by atoms with Gasteiger partial charge in [0.15, 0.2) is 0 Å². The fraction of sp³-hybridized carbons (Fsp3) is 0.625. The Kier molecular flexibility index (Phi) is 4.66. The molecule has 1 aliphatic heterocycles. The number of likely N-dealkylation sites (tertiary alicyclic amines) is 1. The Morgan fingerprint density at radius 1 is 1.46 bits per heavy atom. The number of anilines is 1. The zero-order valence-electron chi connectivity index (χ0n) is 14.7. The van der Waals surface area contributed by atoms with Crippen LogP contribution in [-0.4, -0.2) is 54.0 Å². The van der Waals surface area contributed by atoms with E-state index < -0.39 is 0 Å². The molecule has 1 fully saturated rings. The van der Waals surface area contributed by atoms with Crippen LogP contribution in [0.2, 0.25) is 0 Å². The predicted octanol–water partition coefficient (Wildman–Crippen LogP) is 1.12. The van der Waals surface area contributed by atoms with E-state index >= 15 is 0 Å². The SMILES string of the molecule is Cc1nn(C)c(C)c1NC(=O)[C@@H](C)N1CCC[C@@H]1Cn1cncn1. The molecule has 0 aliphatic carbocycles. The molecule has 130 valence electrons. The van der Waals surface area contributed by atoms with Crippen molar-refractivity contribution < 1.29 is 4.79 Å². The maximum Gasteiger partial charge on any atom is 0.241 e. The molecule has 1 aliphatic rings. The largest absolute Gasteiger partial charge is 0.322 e. The van der Waals surface area contributed by atoms with Crippen LogP contribution in [0.4, 0.5) is 5.69 Å². The topological polar surface area (TPSA) is 80.9 Å². The molecule has 8 nitrogen and oxygen atoms in total. The summed E-state index contributed by atoms with van der Waals surface area (Å²) in [5.41, 5.74) is 2.63.